The normalized spacial score (nSPS) is 21.5. The molecule has 0 nitrogen and oxygen atoms in total. The standard InChI is InChI=1S/C12H12S/c1-9-2-4-10(5-3-9)13-11-8-12(11)6-7-12/h2-5,8H,6-7H2,1H3. The summed E-state index contributed by atoms with van der Waals surface area (Å²) in [6.45, 7) is 2.13. The molecule has 2 aliphatic carbocycles. The fourth-order valence-corrected chi connectivity index (χ4v) is 2.82. The van der Waals surface area contributed by atoms with E-state index in [4.69, 9.17) is 0 Å². The van der Waals surface area contributed by atoms with Gasteiger partial charge in [-0.05, 0) is 36.8 Å². The summed E-state index contributed by atoms with van der Waals surface area (Å²) in [5, 5.41) is 0. The molecule has 0 unspecified atom stereocenters. The van der Waals surface area contributed by atoms with Crippen molar-refractivity contribution in [3.63, 3.8) is 0 Å². The van der Waals surface area contributed by atoms with Crippen LogP contribution in [0, 0.1) is 12.3 Å². The second-order valence-corrected chi connectivity index (χ2v) is 5.20. The molecule has 3 rings (SSSR count). The Morgan fingerprint density at radius 3 is 2.38 bits per heavy atom. The summed E-state index contributed by atoms with van der Waals surface area (Å²) in [7, 11) is 0. The van der Waals surface area contributed by atoms with Gasteiger partial charge in [0.2, 0.25) is 0 Å². The molecule has 0 atom stereocenters. The van der Waals surface area contributed by atoms with E-state index in [-0.39, 0.29) is 0 Å². The summed E-state index contributed by atoms with van der Waals surface area (Å²) >= 11 is 1.95. The minimum atomic E-state index is 0.621. The number of benzene rings is 1. The van der Waals surface area contributed by atoms with Crippen LogP contribution in [-0.2, 0) is 0 Å². The van der Waals surface area contributed by atoms with Gasteiger partial charge in [-0.2, -0.15) is 0 Å². The van der Waals surface area contributed by atoms with Gasteiger partial charge in [-0.1, -0.05) is 35.5 Å². The predicted octanol–water partition coefficient (Wildman–Crippen LogP) is 3.76. The second-order valence-electron chi connectivity index (χ2n) is 4.08. The molecule has 1 aromatic rings. The first-order valence-electron chi connectivity index (χ1n) is 4.76. The van der Waals surface area contributed by atoms with Crippen LogP contribution in [0.4, 0.5) is 0 Å². The largest absolute Gasteiger partial charge is 0.0939 e. The van der Waals surface area contributed by atoms with Gasteiger partial charge in [0.05, 0.1) is 0 Å². The van der Waals surface area contributed by atoms with Crippen LogP contribution in [0.15, 0.2) is 40.1 Å². The molecular weight excluding hydrogens is 176 g/mol. The van der Waals surface area contributed by atoms with Gasteiger partial charge in [0.25, 0.3) is 0 Å². The maximum absolute atomic E-state index is 2.43. The summed E-state index contributed by atoms with van der Waals surface area (Å²) in [6, 6.07) is 8.81. The monoisotopic (exact) mass is 188 g/mol. The van der Waals surface area contributed by atoms with Crippen molar-refractivity contribution >= 4 is 11.8 Å². The van der Waals surface area contributed by atoms with Crippen LogP contribution < -0.4 is 0 Å². The zero-order valence-electron chi connectivity index (χ0n) is 7.71. The molecule has 1 spiro atoms. The van der Waals surface area contributed by atoms with Crippen LogP contribution in [-0.4, -0.2) is 0 Å². The van der Waals surface area contributed by atoms with Crippen LogP contribution >= 0.6 is 11.8 Å². The van der Waals surface area contributed by atoms with Gasteiger partial charge >= 0.3 is 0 Å². The summed E-state index contributed by atoms with van der Waals surface area (Å²) in [5.74, 6) is 0. The molecule has 13 heavy (non-hydrogen) atoms. The maximum atomic E-state index is 2.43. The number of rotatable bonds is 2. The Balaban J connectivity index is 1.72. The van der Waals surface area contributed by atoms with Crippen LogP contribution in [0.1, 0.15) is 18.4 Å². The average Bonchev–Trinajstić information content (AvgIpc) is 3.01. The molecule has 1 aromatic carbocycles. The Bertz CT molecular complexity index is 369. The molecule has 66 valence electrons. The number of hydrogen-bond acceptors (Lipinski definition) is 1. The third kappa shape index (κ3) is 1.31. The Kier molecular flexibility index (Phi) is 1.43. The number of hydrogen-bond donors (Lipinski definition) is 0. The third-order valence-electron chi connectivity index (χ3n) is 2.85. The van der Waals surface area contributed by atoms with Crippen LogP contribution in [0.5, 0.6) is 0 Å². The van der Waals surface area contributed by atoms with E-state index in [2.05, 4.69) is 37.3 Å². The number of aryl methyl sites for hydroxylation is 1. The minimum Gasteiger partial charge on any atom is -0.0939 e. The fourth-order valence-electron chi connectivity index (χ4n) is 1.60. The van der Waals surface area contributed by atoms with Gasteiger partial charge in [0, 0.05) is 10.3 Å². The number of allylic oxidation sites excluding steroid dienone is 2. The lowest BCUT2D eigenvalue weighted by molar-refractivity contribution is 0.997. The van der Waals surface area contributed by atoms with Crippen LogP contribution in [0.2, 0.25) is 0 Å². The molecule has 0 bridgehead atoms. The molecule has 0 N–H and O–H groups in total. The lowest BCUT2D eigenvalue weighted by Crippen LogP contribution is -1.74. The lowest BCUT2D eigenvalue weighted by Gasteiger charge is -1.98. The zero-order chi connectivity index (χ0) is 8.89. The molecular formula is C12H12S. The molecule has 0 amide bonds. The van der Waals surface area contributed by atoms with Crippen LogP contribution in [0.3, 0.4) is 0 Å². The Morgan fingerprint density at radius 2 is 1.85 bits per heavy atom. The lowest BCUT2D eigenvalue weighted by atomic mass is 10.2. The second kappa shape index (κ2) is 2.42. The maximum Gasteiger partial charge on any atom is 0.0204 e. The van der Waals surface area contributed by atoms with Crippen molar-refractivity contribution < 1.29 is 0 Å². The highest BCUT2D eigenvalue weighted by atomic mass is 32.2. The van der Waals surface area contributed by atoms with Crippen molar-refractivity contribution in [1.29, 1.82) is 0 Å². The summed E-state index contributed by atoms with van der Waals surface area (Å²) in [6.07, 6.45) is 5.24. The van der Waals surface area contributed by atoms with Gasteiger partial charge in [0.1, 0.15) is 0 Å². The molecule has 0 radical (unpaired) electrons. The topological polar surface area (TPSA) is 0 Å². The van der Waals surface area contributed by atoms with E-state index < -0.39 is 0 Å². The van der Waals surface area contributed by atoms with E-state index in [1.807, 2.05) is 11.8 Å². The van der Waals surface area contributed by atoms with E-state index in [0.29, 0.717) is 5.41 Å². The Morgan fingerprint density at radius 1 is 1.15 bits per heavy atom. The van der Waals surface area contributed by atoms with Crippen molar-refractivity contribution in [2.75, 3.05) is 0 Å². The third-order valence-corrected chi connectivity index (χ3v) is 4.10. The molecule has 0 aromatic heterocycles. The highest BCUT2D eigenvalue weighted by Gasteiger charge is 2.54. The summed E-state index contributed by atoms with van der Waals surface area (Å²) in [5.41, 5.74) is 1.96. The van der Waals surface area contributed by atoms with Gasteiger partial charge in [-0.3, -0.25) is 0 Å². The van der Waals surface area contributed by atoms with Crippen molar-refractivity contribution in [2.24, 2.45) is 5.41 Å². The average molecular weight is 188 g/mol. The highest BCUT2D eigenvalue weighted by Crippen LogP contribution is 2.69. The van der Waals surface area contributed by atoms with Crippen molar-refractivity contribution in [2.45, 2.75) is 24.7 Å². The van der Waals surface area contributed by atoms with E-state index in [1.54, 1.807) is 4.91 Å². The van der Waals surface area contributed by atoms with Crippen molar-refractivity contribution in [3.05, 3.63) is 40.8 Å². The Hall–Kier alpha value is -0.690. The molecule has 1 saturated carbocycles. The van der Waals surface area contributed by atoms with Crippen LogP contribution in [0.25, 0.3) is 0 Å². The van der Waals surface area contributed by atoms with Gasteiger partial charge in [0.15, 0.2) is 0 Å². The number of thioether (sulfide) groups is 1. The quantitative estimate of drug-likeness (QED) is 0.681. The molecule has 0 heterocycles. The Labute approximate surface area is 83.0 Å². The molecule has 0 aliphatic heterocycles. The van der Waals surface area contributed by atoms with E-state index in [9.17, 15) is 0 Å². The first-order chi connectivity index (χ1) is 6.28. The van der Waals surface area contributed by atoms with Crippen molar-refractivity contribution in [1.82, 2.24) is 0 Å². The van der Waals surface area contributed by atoms with E-state index >= 15 is 0 Å². The zero-order valence-corrected chi connectivity index (χ0v) is 8.53. The summed E-state index contributed by atoms with van der Waals surface area (Å²) in [4.78, 5) is 3.00. The highest BCUT2D eigenvalue weighted by molar-refractivity contribution is 8.03. The first kappa shape index (κ1) is 7.69. The smallest absolute Gasteiger partial charge is 0.0204 e. The molecule has 2 aliphatic rings. The predicted molar refractivity (Wildman–Crippen MR) is 56.8 cm³/mol. The molecule has 1 heteroatoms. The van der Waals surface area contributed by atoms with E-state index in [0.717, 1.165) is 0 Å². The fraction of sp³-hybridized carbons (Fsp3) is 0.333. The van der Waals surface area contributed by atoms with Gasteiger partial charge < -0.3 is 0 Å². The SMILES string of the molecule is Cc1ccc(SC2=CC23CC3)cc1. The van der Waals surface area contributed by atoms with Gasteiger partial charge in [-0.15, -0.1) is 0 Å². The van der Waals surface area contributed by atoms with E-state index in [1.165, 1.54) is 23.3 Å². The first-order valence-corrected chi connectivity index (χ1v) is 5.58. The van der Waals surface area contributed by atoms with Gasteiger partial charge in [-0.25, -0.2) is 0 Å². The van der Waals surface area contributed by atoms with Crippen molar-refractivity contribution in [3.8, 4) is 0 Å². The molecule has 0 saturated heterocycles. The summed E-state index contributed by atoms with van der Waals surface area (Å²) < 4.78 is 0. The molecule has 1 fully saturated rings. The minimum absolute atomic E-state index is 0.621.